The average Bonchev–Trinajstić information content (AvgIpc) is 3.26. The van der Waals surface area contributed by atoms with Crippen molar-refractivity contribution in [2.75, 3.05) is 6.54 Å². The van der Waals surface area contributed by atoms with Crippen molar-refractivity contribution >= 4 is 75.3 Å². The van der Waals surface area contributed by atoms with E-state index in [-0.39, 0.29) is 12.1 Å². The molecule has 3 rings (SSSR count). The molecule has 2 aromatic rings. The summed E-state index contributed by atoms with van der Waals surface area (Å²) >= 11 is 3.71. The lowest BCUT2D eigenvalue weighted by molar-refractivity contribution is 0.0219. The van der Waals surface area contributed by atoms with Crippen LogP contribution < -0.4 is 21.9 Å². The highest BCUT2D eigenvalue weighted by molar-refractivity contribution is 9.10. The number of likely N-dealkylation sites (tertiary alicyclic amines) is 1. The Hall–Kier alpha value is -1.56. The quantitative estimate of drug-likeness (QED) is 0.548. The van der Waals surface area contributed by atoms with Crippen molar-refractivity contribution in [1.29, 1.82) is 0 Å². The van der Waals surface area contributed by atoms with E-state index in [2.05, 4.69) is 52.3 Å². The number of carbonyl (C=O) groups is 1. The van der Waals surface area contributed by atoms with Gasteiger partial charge in [-0.3, -0.25) is 4.90 Å². The number of aromatic amines is 1. The summed E-state index contributed by atoms with van der Waals surface area (Å²) in [6.07, 6.45) is 3.54. The molecule has 0 aliphatic carbocycles. The number of halogens is 1. The predicted molar refractivity (Wildman–Crippen MR) is 129 cm³/mol. The minimum Gasteiger partial charge on any atom is -0.444 e. The second-order valence-corrected chi connectivity index (χ2v) is 9.48. The standard InChI is InChI=1S/C18H26B4BrN3O2/c1-18(2,3)28-17(27)26-6-4-5-9(26)16-24-7-8(25-16)10-11(19)13(21)15(23)14(22)12(10)20/h7,9H,4-6,19-22H2,1-3H3,(H,24,25)/t9-/m0/s1. The lowest BCUT2D eigenvalue weighted by Crippen LogP contribution is -2.43. The van der Waals surface area contributed by atoms with Crippen LogP contribution in [0, 0.1) is 0 Å². The molecule has 1 aliphatic heterocycles. The molecule has 0 saturated carbocycles. The number of hydrogen-bond donors (Lipinski definition) is 1. The van der Waals surface area contributed by atoms with Gasteiger partial charge in [0.25, 0.3) is 0 Å². The Kier molecular flexibility index (Phi) is 5.81. The van der Waals surface area contributed by atoms with Gasteiger partial charge in [-0.25, -0.2) is 9.78 Å². The molecule has 0 unspecified atom stereocenters. The number of nitrogens with zero attached hydrogens (tertiary/aromatic N) is 2. The third-order valence-electron chi connectivity index (χ3n) is 5.58. The second kappa shape index (κ2) is 7.69. The molecule has 1 N–H and O–H groups in total. The van der Waals surface area contributed by atoms with Gasteiger partial charge in [0.1, 0.15) is 42.8 Å². The molecule has 28 heavy (non-hydrogen) atoms. The third-order valence-corrected chi connectivity index (χ3v) is 6.77. The molecule has 1 aromatic heterocycles. The molecular formula is C18H26B4BrN3O2. The molecule has 0 radical (unpaired) electrons. The van der Waals surface area contributed by atoms with Crippen molar-refractivity contribution in [2.24, 2.45) is 0 Å². The van der Waals surface area contributed by atoms with Gasteiger partial charge >= 0.3 is 6.09 Å². The van der Waals surface area contributed by atoms with E-state index in [0.717, 1.165) is 28.8 Å². The Labute approximate surface area is 179 Å². The summed E-state index contributed by atoms with van der Waals surface area (Å²) in [5.74, 6) is 0.829. The summed E-state index contributed by atoms with van der Waals surface area (Å²) < 4.78 is 6.75. The molecule has 5 nitrogen and oxygen atoms in total. The summed E-state index contributed by atoms with van der Waals surface area (Å²) in [6, 6.07) is -0.0677. The zero-order valence-corrected chi connectivity index (χ0v) is 19.5. The summed E-state index contributed by atoms with van der Waals surface area (Å²) in [7, 11) is 8.53. The van der Waals surface area contributed by atoms with Gasteiger partial charge in [0, 0.05) is 17.2 Å². The molecule has 10 heteroatoms. The van der Waals surface area contributed by atoms with Crippen LogP contribution in [0.4, 0.5) is 4.79 Å². The first-order chi connectivity index (χ1) is 13.0. The molecule has 1 aromatic carbocycles. The number of benzene rings is 1. The maximum Gasteiger partial charge on any atom is 0.410 e. The van der Waals surface area contributed by atoms with Crippen LogP contribution in [0.1, 0.15) is 45.5 Å². The van der Waals surface area contributed by atoms with Gasteiger partial charge in [0.05, 0.1) is 11.7 Å². The van der Waals surface area contributed by atoms with Gasteiger partial charge in [-0.05, 0) is 39.2 Å². The van der Waals surface area contributed by atoms with E-state index in [9.17, 15) is 4.79 Å². The molecule has 0 spiro atoms. The topological polar surface area (TPSA) is 58.2 Å². The van der Waals surface area contributed by atoms with Gasteiger partial charge < -0.3 is 9.72 Å². The van der Waals surface area contributed by atoms with Gasteiger partial charge in [-0.15, -0.1) is 0 Å². The van der Waals surface area contributed by atoms with E-state index in [0.29, 0.717) is 6.54 Å². The van der Waals surface area contributed by atoms with Crippen molar-refractivity contribution < 1.29 is 9.53 Å². The molecule has 1 aliphatic rings. The van der Waals surface area contributed by atoms with Crippen molar-refractivity contribution in [3.63, 3.8) is 0 Å². The Morgan fingerprint density at radius 1 is 1.21 bits per heavy atom. The van der Waals surface area contributed by atoms with E-state index < -0.39 is 5.60 Å². The molecule has 1 amide bonds. The van der Waals surface area contributed by atoms with Gasteiger partial charge in [-0.1, -0.05) is 37.8 Å². The number of aromatic nitrogens is 2. The highest BCUT2D eigenvalue weighted by Crippen LogP contribution is 2.32. The zero-order chi connectivity index (χ0) is 20.8. The normalized spacial score (nSPS) is 17.1. The summed E-state index contributed by atoms with van der Waals surface area (Å²) in [5.41, 5.74) is 6.52. The summed E-state index contributed by atoms with van der Waals surface area (Å²) in [4.78, 5) is 22.6. The Morgan fingerprint density at radius 2 is 1.82 bits per heavy atom. The zero-order valence-electron chi connectivity index (χ0n) is 17.9. The van der Waals surface area contributed by atoms with E-state index >= 15 is 0 Å². The molecule has 1 atom stereocenters. The van der Waals surface area contributed by atoms with Crippen molar-refractivity contribution in [3.05, 3.63) is 16.5 Å². The van der Waals surface area contributed by atoms with E-state index in [1.807, 2.05) is 27.0 Å². The van der Waals surface area contributed by atoms with Crippen LogP contribution in [0.15, 0.2) is 10.7 Å². The van der Waals surface area contributed by atoms with Crippen LogP contribution in [0.25, 0.3) is 11.3 Å². The first-order valence-corrected chi connectivity index (χ1v) is 10.6. The largest absolute Gasteiger partial charge is 0.444 e. The minimum absolute atomic E-state index is 0.0677. The minimum atomic E-state index is -0.501. The fraction of sp³-hybridized carbons (Fsp3) is 0.444. The lowest BCUT2D eigenvalue weighted by Gasteiger charge is -2.27. The predicted octanol–water partition coefficient (Wildman–Crippen LogP) is -2.06. The fourth-order valence-electron chi connectivity index (χ4n) is 3.88. The molecule has 1 fully saturated rings. The summed E-state index contributed by atoms with van der Waals surface area (Å²) in [6.45, 7) is 6.38. The van der Waals surface area contributed by atoms with Crippen LogP contribution in [-0.2, 0) is 4.74 Å². The molecule has 2 heterocycles. The number of nitrogens with one attached hydrogen (secondary N) is 1. The lowest BCUT2D eigenvalue weighted by atomic mass is 9.67. The number of imidazole rings is 1. The SMILES string of the molecule is Bc1c(B)c(-c2c[nH]c([C@@H]3CCCN3C(=O)OC(C)(C)C)n2)c(B)c(B)c1Br. The number of H-pyrrole nitrogens is 1. The third kappa shape index (κ3) is 3.93. The highest BCUT2D eigenvalue weighted by atomic mass is 79.9. The Morgan fingerprint density at radius 3 is 2.39 bits per heavy atom. The number of amides is 1. The second-order valence-electron chi connectivity index (χ2n) is 8.69. The number of ether oxygens (including phenoxy) is 1. The Bertz CT molecular complexity index is 897. The average molecular weight is 440 g/mol. The number of carbonyl (C=O) groups excluding carboxylic acids is 1. The van der Waals surface area contributed by atoms with E-state index in [1.54, 1.807) is 4.90 Å². The molecule has 0 bridgehead atoms. The number of hydrogen-bond acceptors (Lipinski definition) is 3. The highest BCUT2D eigenvalue weighted by Gasteiger charge is 2.35. The van der Waals surface area contributed by atoms with Crippen LogP contribution in [0.2, 0.25) is 0 Å². The van der Waals surface area contributed by atoms with E-state index in [1.165, 1.54) is 27.4 Å². The Balaban J connectivity index is 1.94. The van der Waals surface area contributed by atoms with E-state index in [4.69, 9.17) is 9.72 Å². The smallest absolute Gasteiger partial charge is 0.410 e. The van der Waals surface area contributed by atoms with Crippen LogP contribution in [0.3, 0.4) is 0 Å². The van der Waals surface area contributed by atoms with Gasteiger partial charge in [-0.2, -0.15) is 0 Å². The van der Waals surface area contributed by atoms with Crippen LogP contribution in [-0.4, -0.2) is 64.5 Å². The van der Waals surface area contributed by atoms with Gasteiger partial charge in [0.2, 0.25) is 0 Å². The first-order valence-electron chi connectivity index (χ1n) is 9.82. The molecular weight excluding hydrogens is 413 g/mol. The summed E-state index contributed by atoms with van der Waals surface area (Å²) in [5, 5.41) is 0. The van der Waals surface area contributed by atoms with Crippen molar-refractivity contribution in [3.8, 4) is 11.3 Å². The van der Waals surface area contributed by atoms with Crippen LogP contribution in [0.5, 0.6) is 0 Å². The molecule has 1 saturated heterocycles. The van der Waals surface area contributed by atoms with Crippen molar-refractivity contribution in [2.45, 2.75) is 45.3 Å². The number of rotatable bonds is 2. The van der Waals surface area contributed by atoms with Crippen molar-refractivity contribution in [1.82, 2.24) is 14.9 Å². The van der Waals surface area contributed by atoms with Gasteiger partial charge in [0.15, 0.2) is 0 Å². The monoisotopic (exact) mass is 439 g/mol. The molecule has 144 valence electrons. The fourth-order valence-corrected chi connectivity index (χ4v) is 4.47. The maximum absolute atomic E-state index is 12.6. The van der Waals surface area contributed by atoms with Crippen LogP contribution >= 0.6 is 15.9 Å². The maximum atomic E-state index is 12.6. The first kappa shape index (κ1) is 21.2.